The van der Waals surface area contributed by atoms with E-state index in [9.17, 15) is 19.2 Å². The molecule has 3 aromatic rings. The molecule has 1 aromatic carbocycles. The van der Waals surface area contributed by atoms with Gasteiger partial charge in [-0.05, 0) is 42.7 Å². The molecule has 0 aliphatic heterocycles. The van der Waals surface area contributed by atoms with E-state index in [1.165, 1.54) is 48.3 Å². The Labute approximate surface area is 169 Å². The number of carbonyl (C=O) groups excluding carboxylic acids is 2. The summed E-state index contributed by atoms with van der Waals surface area (Å²) in [4.78, 5) is 48.4. The normalized spacial score (nSPS) is 11.1. The molecular weight excluding hydrogens is 394 g/mol. The van der Waals surface area contributed by atoms with Crippen LogP contribution in [0.2, 0.25) is 0 Å². The number of ether oxygens (including phenoxy) is 1. The highest BCUT2D eigenvalue weighted by atomic mass is 32.1. The summed E-state index contributed by atoms with van der Waals surface area (Å²) in [5, 5.41) is 3.53. The van der Waals surface area contributed by atoms with Crippen LogP contribution in [0, 0.1) is 0 Å². The van der Waals surface area contributed by atoms with E-state index in [2.05, 4.69) is 5.32 Å². The molecule has 1 N–H and O–H groups in total. The molecule has 8 nitrogen and oxygen atoms in total. The van der Waals surface area contributed by atoms with Gasteiger partial charge in [-0.15, -0.1) is 11.3 Å². The lowest BCUT2D eigenvalue weighted by atomic mass is 10.2. The van der Waals surface area contributed by atoms with E-state index >= 15 is 0 Å². The predicted molar refractivity (Wildman–Crippen MR) is 112 cm³/mol. The molecule has 0 spiro atoms. The number of esters is 1. The van der Waals surface area contributed by atoms with E-state index in [1.807, 2.05) is 6.07 Å². The van der Waals surface area contributed by atoms with Crippen LogP contribution in [-0.4, -0.2) is 27.6 Å². The van der Waals surface area contributed by atoms with Gasteiger partial charge in [0.25, 0.3) is 5.56 Å². The summed E-state index contributed by atoms with van der Waals surface area (Å²) in [6.45, 7) is 2.05. The molecule has 0 saturated heterocycles. The fourth-order valence-electron chi connectivity index (χ4n) is 2.72. The zero-order valence-corrected chi connectivity index (χ0v) is 16.9. The number of rotatable bonds is 5. The van der Waals surface area contributed by atoms with Gasteiger partial charge in [0.1, 0.15) is 4.88 Å². The van der Waals surface area contributed by atoms with Crippen LogP contribution in [0.4, 0.5) is 5.69 Å². The van der Waals surface area contributed by atoms with Crippen LogP contribution in [0.1, 0.15) is 22.2 Å². The second kappa shape index (κ2) is 8.27. The van der Waals surface area contributed by atoms with Gasteiger partial charge < -0.3 is 14.6 Å². The van der Waals surface area contributed by atoms with Gasteiger partial charge in [-0.3, -0.25) is 14.2 Å². The number of fused-ring (bicyclic) bond motifs is 1. The second-order valence-corrected chi connectivity index (χ2v) is 7.33. The highest BCUT2D eigenvalue weighted by Crippen LogP contribution is 2.28. The summed E-state index contributed by atoms with van der Waals surface area (Å²) in [6.07, 6.45) is 3.96. The van der Waals surface area contributed by atoms with E-state index in [4.69, 9.17) is 4.74 Å². The third-order valence-electron chi connectivity index (χ3n) is 4.15. The van der Waals surface area contributed by atoms with Crippen LogP contribution in [-0.2, 0) is 23.6 Å². The topological polar surface area (TPSA) is 99.4 Å². The first-order chi connectivity index (χ1) is 13.8. The van der Waals surface area contributed by atoms with Gasteiger partial charge >= 0.3 is 11.7 Å². The van der Waals surface area contributed by atoms with Crippen LogP contribution >= 0.6 is 11.3 Å². The molecule has 2 aromatic heterocycles. The lowest BCUT2D eigenvalue weighted by molar-refractivity contribution is -0.111. The van der Waals surface area contributed by atoms with Crippen molar-refractivity contribution >= 4 is 45.1 Å². The Morgan fingerprint density at radius 1 is 1.21 bits per heavy atom. The number of aryl methyl sites for hydroxylation is 1. The highest BCUT2D eigenvalue weighted by molar-refractivity contribution is 7.20. The van der Waals surface area contributed by atoms with Gasteiger partial charge in [-0.1, -0.05) is 0 Å². The molecule has 29 heavy (non-hydrogen) atoms. The molecule has 9 heteroatoms. The van der Waals surface area contributed by atoms with Crippen LogP contribution < -0.4 is 16.6 Å². The van der Waals surface area contributed by atoms with Crippen molar-refractivity contribution in [1.29, 1.82) is 0 Å². The second-order valence-electron chi connectivity index (χ2n) is 6.25. The number of amides is 1. The first kappa shape index (κ1) is 20.3. The van der Waals surface area contributed by atoms with Gasteiger partial charge in [0, 0.05) is 36.8 Å². The highest BCUT2D eigenvalue weighted by Gasteiger charge is 2.12. The minimum atomic E-state index is -0.483. The number of benzene rings is 1. The van der Waals surface area contributed by atoms with Crippen molar-refractivity contribution in [2.75, 3.05) is 11.9 Å². The van der Waals surface area contributed by atoms with E-state index in [-0.39, 0.29) is 11.5 Å². The van der Waals surface area contributed by atoms with E-state index in [1.54, 1.807) is 25.1 Å². The summed E-state index contributed by atoms with van der Waals surface area (Å²) < 4.78 is 8.15. The third kappa shape index (κ3) is 4.35. The van der Waals surface area contributed by atoms with Crippen molar-refractivity contribution in [3.63, 3.8) is 0 Å². The molecule has 1 amide bonds. The van der Waals surface area contributed by atoms with Crippen molar-refractivity contribution in [1.82, 2.24) is 9.13 Å². The summed E-state index contributed by atoms with van der Waals surface area (Å²) in [5.74, 6) is -0.804. The van der Waals surface area contributed by atoms with E-state index < -0.39 is 17.2 Å². The standard InChI is InChI=1S/C20H19N3O5S/c1-4-28-19(26)16-10-13-9-14(6-7-15(13)29-16)21-17(24)8-5-12-11-22(2)20(27)23(3)18(12)25/h5-11H,4H2,1-3H3,(H,21,24). The first-order valence-electron chi connectivity index (χ1n) is 8.76. The summed E-state index contributed by atoms with van der Waals surface area (Å²) >= 11 is 1.32. The molecule has 0 radical (unpaired) electrons. The molecule has 0 aliphatic carbocycles. The number of hydrogen-bond donors (Lipinski definition) is 1. The molecular formula is C20H19N3O5S. The zero-order chi connectivity index (χ0) is 21.1. The summed E-state index contributed by atoms with van der Waals surface area (Å²) in [6, 6.07) is 7.01. The minimum absolute atomic E-state index is 0.220. The third-order valence-corrected chi connectivity index (χ3v) is 5.24. The van der Waals surface area contributed by atoms with Crippen LogP contribution in [0.5, 0.6) is 0 Å². The largest absolute Gasteiger partial charge is 0.462 e. The average molecular weight is 413 g/mol. The maximum atomic E-state index is 12.2. The number of nitrogens with zero attached hydrogens (tertiary/aromatic N) is 2. The lowest BCUT2D eigenvalue weighted by Crippen LogP contribution is -2.37. The Bertz CT molecular complexity index is 1250. The van der Waals surface area contributed by atoms with Crippen molar-refractivity contribution < 1.29 is 14.3 Å². The molecule has 3 rings (SSSR count). The molecule has 0 fully saturated rings. The van der Waals surface area contributed by atoms with Crippen molar-refractivity contribution in [3.8, 4) is 0 Å². The van der Waals surface area contributed by atoms with E-state index in [0.29, 0.717) is 17.2 Å². The molecule has 0 unspecified atom stereocenters. The van der Waals surface area contributed by atoms with Gasteiger partial charge in [0.15, 0.2) is 0 Å². The predicted octanol–water partition coefficient (Wildman–Crippen LogP) is 2.13. The molecule has 2 heterocycles. The Kier molecular flexibility index (Phi) is 5.79. The maximum absolute atomic E-state index is 12.2. The number of nitrogens with one attached hydrogen (secondary N) is 1. The minimum Gasteiger partial charge on any atom is -0.462 e. The van der Waals surface area contributed by atoms with Crippen LogP contribution in [0.25, 0.3) is 16.2 Å². The molecule has 0 atom stereocenters. The Balaban J connectivity index is 1.78. The summed E-state index contributed by atoms with van der Waals surface area (Å²) in [5.41, 5.74) is -0.156. The molecule has 150 valence electrons. The number of hydrogen-bond acceptors (Lipinski definition) is 6. The Hall–Kier alpha value is -3.46. The smallest absolute Gasteiger partial charge is 0.348 e. The van der Waals surface area contributed by atoms with Crippen LogP contribution in [0.3, 0.4) is 0 Å². The van der Waals surface area contributed by atoms with Crippen molar-refractivity contribution in [2.45, 2.75) is 6.92 Å². The SMILES string of the molecule is CCOC(=O)c1cc2cc(NC(=O)C=Cc3cn(C)c(=O)n(C)c3=O)ccc2s1. The number of carbonyl (C=O) groups is 2. The monoisotopic (exact) mass is 413 g/mol. The Morgan fingerprint density at radius 2 is 1.97 bits per heavy atom. The van der Waals surface area contributed by atoms with E-state index in [0.717, 1.165) is 14.7 Å². The number of anilines is 1. The zero-order valence-electron chi connectivity index (χ0n) is 16.1. The number of aromatic nitrogens is 2. The summed E-state index contributed by atoms with van der Waals surface area (Å²) in [7, 11) is 2.91. The fourth-order valence-corrected chi connectivity index (χ4v) is 3.66. The maximum Gasteiger partial charge on any atom is 0.348 e. The van der Waals surface area contributed by atoms with Crippen molar-refractivity contribution in [2.24, 2.45) is 14.1 Å². The average Bonchev–Trinajstić information content (AvgIpc) is 3.12. The number of thiophene rings is 1. The van der Waals surface area contributed by atoms with Gasteiger partial charge in [0.05, 0.1) is 12.2 Å². The van der Waals surface area contributed by atoms with Gasteiger partial charge in [0.2, 0.25) is 5.91 Å². The molecule has 0 saturated carbocycles. The van der Waals surface area contributed by atoms with Crippen LogP contribution in [0.15, 0.2) is 46.1 Å². The lowest BCUT2D eigenvalue weighted by Gasteiger charge is -2.04. The molecule has 0 bridgehead atoms. The van der Waals surface area contributed by atoms with Crippen molar-refractivity contribution in [3.05, 3.63) is 67.8 Å². The Morgan fingerprint density at radius 3 is 2.69 bits per heavy atom. The first-order valence-corrected chi connectivity index (χ1v) is 9.58. The molecule has 0 aliphatic rings. The quantitative estimate of drug-likeness (QED) is 0.510. The van der Waals surface area contributed by atoms with Gasteiger partial charge in [-0.2, -0.15) is 0 Å². The van der Waals surface area contributed by atoms with Gasteiger partial charge in [-0.25, -0.2) is 9.59 Å². The fraction of sp³-hybridized carbons (Fsp3) is 0.200.